The minimum Gasteiger partial charge on any atom is -0.762 e. The first-order valence-electron chi connectivity index (χ1n) is 7.56. The summed E-state index contributed by atoms with van der Waals surface area (Å²) in [5, 5.41) is 19.9. The number of piperidine rings is 1. The van der Waals surface area contributed by atoms with Crippen molar-refractivity contribution in [1.82, 2.24) is 10.1 Å². The second kappa shape index (κ2) is 6.85. The molecule has 0 unspecified atom stereocenters. The van der Waals surface area contributed by atoms with Crippen LogP contribution in [-0.4, -0.2) is 41.0 Å². The zero-order valence-corrected chi connectivity index (χ0v) is 11.6. The van der Waals surface area contributed by atoms with Gasteiger partial charge < -0.3 is 15.3 Å². The number of likely N-dealkylation sites (tertiary alicyclic amines) is 1. The lowest BCUT2D eigenvalue weighted by molar-refractivity contribution is -0.0923. The quantitative estimate of drug-likeness (QED) is 0.785. The molecule has 4 nitrogen and oxygen atoms in total. The molecule has 1 saturated carbocycles. The van der Waals surface area contributed by atoms with Crippen molar-refractivity contribution in [3.63, 3.8) is 0 Å². The average molecular weight is 255 g/mol. The van der Waals surface area contributed by atoms with Crippen LogP contribution in [0.25, 0.3) is 0 Å². The average Bonchev–Trinajstić information content (AvgIpc) is 2.40. The van der Waals surface area contributed by atoms with Gasteiger partial charge in [0.05, 0.1) is 0 Å². The predicted octanol–water partition coefficient (Wildman–Crippen LogP) is 2.86. The van der Waals surface area contributed by atoms with E-state index in [-0.39, 0.29) is 11.3 Å². The Morgan fingerprint density at radius 1 is 1.06 bits per heavy atom. The van der Waals surface area contributed by atoms with Crippen LogP contribution in [0.1, 0.15) is 51.9 Å². The molecular weight excluding hydrogens is 228 g/mol. The number of hydrogen-bond donors (Lipinski definition) is 1. The molecule has 0 amide bonds. The van der Waals surface area contributed by atoms with Gasteiger partial charge in [-0.05, 0) is 76.4 Å². The molecule has 0 aromatic heterocycles. The lowest BCUT2D eigenvalue weighted by Crippen LogP contribution is -2.35. The Balaban J connectivity index is 1.66. The standard InChI is InChI=1S/C14H27N2O2/c1-2-15-9-7-13(8-10-15)11-12-3-5-14(6-4-12)16(17)18/h12-14,17H,2-11H2,1H3/q-1. The van der Waals surface area contributed by atoms with E-state index in [1.54, 1.807) is 0 Å². The maximum atomic E-state index is 10.8. The van der Waals surface area contributed by atoms with Crippen LogP contribution in [0.4, 0.5) is 0 Å². The topological polar surface area (TPSA) is 49.8 Å². The first-order valence-corrected chi connectivity index (χ1v) is 7.56. The van der Waals surface area contributed by atoms with Crippen molar-refractivity contribution in [2.24, 2.45) is 11.8 Å². The lowest BCUT2D eigenvalue weighted by atomic mass is 9.78. The molecule has 1 saturated heterocycles. The molecule has 1 aliphatic carbocycles. The van der Waals surface area contributed by atoms with E-state index in [4.69, 9.17) is 5.21 Å². The van der Waals surface area contributed by atoms with Crippen molar-refractivity contribution in [1.29, 1.82) is 0 Å². The van der Waals surface area contributed by atoms with Gasteiger partial charge in [0.25, 0.3) is 0 Å². The molecule has 2 fully saturated rings. The zero-order chi connectivity index (χ0) is 13.0. The van der Waals surface area contributed by atoms with Crippen molar-refractivity contribution in [2.75, 3.05) is 19.6 Å². The molecule has 2 rings (SSSR count). The maximum absolute atomic E-state index is 10.8. The summed E-state index contributed by atoms with van der Waals surface area (Å²) in [4.78, 5) is 2.54. The predicted molar refractivity (Wildman–Crippen MR) is 72.2 cm³/mol. The molecule has 1 N–H and O–H groups in total. The van der Waals surface area contributed by atoms with Gasteiger partial charge in [-0.2, -0.15) is 0 Å². The molecule has 0 bridgehead atoms. The summed E-state index contributed by atoms with van der Waals surface area (Å²) in [6, 6.07) is -0.136. The van der Waals surface area contributed by atoms with Gasteiger partial charge in [0.15, 0.2) is 0 Å². The minimum atomic E-state index is -0.136. The molecule has 18 heavy (non-hydrogen) atoms. The Kier molecular flexibility index (Phi) is 5.42. The minimum absolute atomic E-state index is 0.136. The van der Waals surface area contributed by atoms with Gasteiger partial charge in [-0.1, -0.05) is 6.92 Å². The fourth-order valence-corrected chi connectivity index (χ4v) is 3.61. The van der Waals surface area contributed by atoms with E-state index < -0.39 is 0 Å². The highest BCUT2D eigenvalue weighted by atomic mass is 16.8. The van der Waals surface area contributed by atoms with Gasteiger partial charge in [0.1, 0.15) is 0 Å². The molecule has 1 heterocycles. The van der Waals surface area contributed by atoms with E-state index in [9.17, 15) is 5.21 Å². The van der Waals surface area contributed by atoms with Gasteiger partial charge in [0.2, 0.25) is 0 Å². The van der Waals surface area contributed by atoms with E-state index in [2.05, 4.69) is 11.8 Å². The third kappa shape index (κ3) is 3.92. The van der Waals surface area contributed by atoms with E-state index >= 15 is 0 Å². The summed E-state index contributed by atoms with van der Waals surface area (Å²) in [6.45, 7) is 5.96. The van der Waals surface area contributed by atoms with Gasteiger partial charge >= 0.3 is 0 Å². The van der Waals surface area contributed by atoms with Crippen LogP contribution in [0.3, 0.4) is 0 Å². The van der Waals surface area contributed by atoms with Crippen molar-refractivity contribution in [3.8, 4) is 0 Å². The largest absolute Gasteiger partial charge is 0.762 e. The normalized spacial score (nSPS) is 32.0. The molecule has 0 radical (unpaired) electrons. The first-order chi connectivity index (χ1) is 8.69. The van der Waals surface area contributed by atoms with E-state index in [1.165, 1.54) is 38.9 Å². The molecule has 106 valence electrons. The molecule has 2 aliphatic rings. The van der Waals surface area contributed by atoms with E-state index in [0.29, 0.717) is 0 Å². The third-order valence-corrected chi connectivity index (χ3v) is 4.95. The SMILES string of the molecule is CCN1CCC(CC2CCC(N([O-])O)CC2)CC1. The van der Waals surface area contributed by atoms with E-state index in [0.717, 1.165) is 37.5 Å². The fraction of sp³-hybridized carbons (Fsp3) is 1.00. The summed E-state index contributed by atoms with van der Waals surface area (Å²) in [6.07, 6.45) is 8.03. The van der Waals surface area contributed by atoms with Crippen molar-refractivity contribution < 1.29 is 5.21 Å². The van der Waals surface area contributed by atoms with Gasteiger partial charge in [-0.3, -0.25) is 5.23 Å². The molecule has 0 aromatic rings. The number of hydroxylamine groups is 2. The second-order valence-corrected chi connectivity index (χ2v) is 6.09. The molecular formula is C14H27N2O2-. The van der Waals surface area contributed by atoms with Gasteiger partial charge in [0, 0.05) is 6.04 Å². The zero-order valence-electron chi connectivity index (χ0n) is 11.6. The lowest BCUT2D eigenvalue weighted by Gasteiger charge is -2.38. The number of nitrogens with zero attached hydrogens (tertiary/aromatic N) is 2. The Labute approximate surface area is 110 Å². The Morgan fingerprint density at radius 2 is 1.61 bits per heavy atom. The summed E-state index contributed by atoms with van der Waals surface area (Å²) in [5.41, 5.74) is 0. The monoisotopic (exact) mass is 255 g/mol. The Hall–Kier alpha value is -0.160. The summed E-state index contributed by atoms with van der Waals surface area (Å²) in [5.74, 6) is 1.69. The highest BCUT2D eigenvalue weighted by Gasteiger charge is 2.26. The molecule has 0 aromatic carbocycles. The van der Waals surface area contributed by atoms with Crippen LogP contribution in [0.2, 0.25) is 0 Å². The van der Waals surface area contributed by atoms with Gasteiger partial charge in [-0.25, -0.2) is 0 Å². The molecule has 4 heteroatoms. The van der Waals surface area contributed by atoms with Crippen LogP contribution in [-0.2, 0) is 0 Å². The van der Waals surface area contributed by atoms with Crippen LogP contribution in [0, 0.1) is 17.0 Å². The van der Waals surface area contributed by atoms with Crippen molar-refractivity contribution >= 4 is 0 Å². The molecule has 0 spiro atoms. The summed E-state index contributed by atoms with van der Waals surface area (Å²) < 4.78 is 0. The van der Waals surface area contributed by atoms with Crippen molar-refractivity contribution in [2.45, 2.75) is 57.9 Å². The fourth-order valence-electron chi connectivity index (χ4n) is 3.61. The Morgan fingerprint density at radius 3 is 2.11 bits per heavy atom. The Bertz CT molecular complexity index is 232. The molecule has 1 aliphatic heterocycles. The highest BCUT2D eigenvalue weighted by molar-refractivity contribution is 4.80. The third-order valence-electron chi connectivity index (χ3n) is 4.95. The summed E-state index contributed by atoms with van der Waals surface area (Å²) in [7, 11) is 0. The van der Waals surface area contributed by atoms with Crippen LogP contribution in [0.5, 0.6) is 0 Å². The maximum Gasteiger partial charge on any atom is 0.0217 e. The number of hydrogen-bond acceptors (Lipinski definition) is 4. The van der Waals surface area contributed by atoms with Gasteiger partial charge in [-0.15, -0.1) is 0 Å². The van der Waals surface area contributed by atoms with Crippen molar-refractivity contribution in [3.05, 3.63) is 5.21 Å². The smallest absolute Gasteiger partial charge is 0.0217 e. The first kappa shape index (κ1) is 14.3. The van der Waals surface area contributed by atoms with Crippen LogP contribution in [0.15, 0.2) is 0 Å². The number of rotatable bonds is 4. The highest BCUT2D eigenvalue weighted by Crippen LogP contribution is 2.34. The van der Waals surface area contributed by atoms with E-state index in [1.807, 2.05) is 0 Å². The molecule has 0 atom stereocenters. The summed E-state index contributed by atoms with van der Waals surface area (Å²) >= 11 is 0. The second-order valence-electron chi connectivity index (χ2n) is 6.09. The van der Waals surface area contributed by atoms with Crippen LogP contribution >= 0.6 is 0 Å². The van der Waals surface area contributed by atoms with Crippen LogP contribution < -0.4 is 0 Å².